The van der Waals surface area contributed by atoms with Crippen LogP contribution in [0.2, 0.25) is 0 Å². The first-order chi connectivity index (χ1) is 16.6. The van der Waals surface area contributed by atoms with Crippen LogP contribution in [0, 0.1) is 20.8 Å². The van der Waals surface area contributed by atoms with Crippen molar-refractivity contribution < 1.29 is 37.3 Å². The highest BCUT2D eigenvalue weighted by Crippen LogP contribution is 2.30. The van der Waals surface area contributed by atoms with Crippen molar-refractivity contribution >= 4 is 11.8 Å². The lowest BCUT2D eigenvalue weighted by atomic mass is 10.1. The Labute approximate surface area is 202 Å². The number of hydrogen-bond acceptors (Lipinski definition) is 6. The van der Waals surface area contributed by atoms with Crippen LogP contribution in [0.5, 0.6) is 17.2 Å². The minimum atomic E-state index is -2.91. The molecule has 2 aromatic carbocycles. The summed E-state index contributed by atoms with van der Waals surface area (Å²) in [7, 11) is 2.97. The van der Waals surface area contributed by atoms with E-state index in [0.29, 0.717) is 28.4 Å². The van der Waals surface area contributed by atoms with E-state index < -0.39 is 18.7 Å². The number of alkyl halides is 2. The van der Waals surface area contributed by atoms with Crippen LogP contribution in [-0.2, 0) is 4.74 Å². The molecule has 0 saturated heterocycles. The number of ether oxygens (including phenoxy) is 4. The van der Waals surface area contributed by atoms with Gasteiger partial charge in [0.25, 0.3) is 0 Å². The molecule has 0 N–H and O–H groups in total. The number of halogens is 2. The average molecular weight is 487 g/mol. The molecule has 0 bridgehead atoms. The normalized spacial score (nSPS) is 11.8. The molecule has 1 atom stereocenters. The van der Waals surface area contributed by atoms with Gasteiger partial charge in [0.2, 0.25) is 5.78 Å². The average Bonchev–Trinajstić information content (AvgIpc) is 3.12. The van der Waals surface area contributed by atoms with Crippen LogP contribution in [0.3, 0.4) is 0 Å². The molecule has 35 heavy (non-hydrogen) atoms. The lowest BCUT2D eigenvalue weighted by Gasteiger charge is -2.15. The first-order valence-electron chi connectivity index (χ1n) is 10.8. The number of Topliss-reactive ketones (excluding diaryl/α,β-unsaturated/α-hetero) is 1. The molecule has 0 saturated carbocycles. The summed E-state index contributed by atoms with van der Waals surface area (Å²) in [4.78, 5) is 25.9. The Morgan fingerprint density at radius 2 is 1.49 bits per heavy atom. The first kappa shape index (κ1) is 25.7. The zero-order valence-corrected chi connectivity index (χ0v) is 20.3. The van der Waals surface area contributed by atoms with Crippen LogP contribution in [-0.4, -0.2) is 43.3 Å². The molecule has 0 amide bonds. The quantitative estimate of drug-likeness (QED) is 0.295. The summed E-state index contributed by atoms with van der Waals surface area (Å²) in [5, 5.41) is 0. The topological polar surface area (TPSA) is 76.0 Å². The molecular weight excluding hydrogens is 460 g/mol. The Morgan fingerprint density at radius 3 is 2.00 bits per heavy atom. The van der Waals surface area contributed by atoms with Gasteiger partial charge in [-0.25, -0.2) is 4.79 Å². The summed E-state index contributed by atoms with van der Waals surface area (Å²) >= 11 is 0. The number of methoxy groups -OCH3 is 2. The van der Waals surface area contributed by atoms with Crippen LogP contribution in [0.4, 0.5) is 8.78 Å². The fraction of sp³-hybridized carbons (Fsp3) is 0.308. The number of benzene rings is 2. The van der Waals surface area contributed by atoms with E-state index in [9.17, 15) is 18.4 Å². The minimum Gasteiger partial charge on any atom is -0.496 e. The maximum absolute atomic E-state index is 13.2. The van der Waals surface area contributed by atoms with Gasteiger partial charge in [0.1, 0.15) is 17.2 Å². The van der Waals surface area contributed by atoms with Crippen molar-refractivity contribution in [2.45, 2.75) is 40.4 Å². The van der Waals surface area contributed by atoms with Gasteiger partial charge in [-0.05, 0) is 70.2 Å². The van der Waals surface area contributed by atoms with E-state index in [1.165, 1.54) is 45.4 Å². The van der Waals surface area contributed by atoms with Crippen molar-refractivity contribution in [1.82, 2.24) is 4.57 Å². The van der Waals surface area contributed by atoms with Gasteiger partial charge in [0, 0.05) is 28.2 Å². The SMILES string of the molecule is COc1cc(C(=O)OC(C)C(=O)c2cc(C)n(-c3ccc(OC(F)F)cc3)c2C)cc(OC)c1C. The van der Waals surface area contributed by atoms with Gasteiger partial charge in [0.15, 0.2) is 6.10 Å². The monoisotopic (exact) mass is 487 g/mol. The summed E-state index contributed by atoms with van der Waals surface area (Å²) in [6, 6.07) is 10.9. The summed E-state index contributed by atoms with van der Waals surface area (Å²) in [6.45, 7) is 3.97. The largest absolute Gasteiger partial charge is 0.496 e. The molecule has 1 heterocycles. The van der Waals surface area contributed by atoms with Crippen molar-refractivity contribution in [1.29, 1.82) is 0 Å². The Kier molecular flexibility index (Phi) is 7.78. The predicted octanol–water partition coefficient (Wildman–Crippen LogP) is 5.45. The molecule has 9 heteroatoms. The Bertz CT molecular complexity index is 1210. The molecule has 3 rings (SSSR count). The number of carbonyl (C=O) groups is 2. The highest BCUT2D eigenvalue weighted by molar-refractivity contribution is 6.02. The van der Waals surface area contributed by atoms with Crippen LogP contribution in [0.25, 0.3) is 5.69 Å². The van der Waals surface area contributed by atoms with Crippen LogP contribution >= 0.6 is 0 Å². The minimum absolute atomic E-state index is 0.0346. The van der Waals surface area contributed by atoms with Crippen LogP contribution in [0.1, 0.15) is 44.6 Å². The highest BCUT2D eigenvalue weighted by atomic mass is 19.3. The van der Waals surface area contributed by atoms with Gasteiger partial charge in [-0.2, -0.15) is 8.78 Å². The summed E-state index contributed by atoms with van der Waals surface area (Å²) in [6.07, 6.45) is -1.06. The molecule has 0 spiro atoms. The van der Waals surface area contributed by atoms with Crippen molar-refractivity contribution in [2.24, 2.45) is 0 Å². The second-order valence-corrected chi connectivity index (χ2v) is 7.91. The number of esters is 1. The molecule has 3 aromatic rings. The standard InChI is InChI=1S/C26H27F2NO6/c1-14-11-21(16(3)29(14)19-7-9-20(10-8-19)35-26(27)28)24(30)17(4)34-25(31)18-12-22(32-5)15(2)23(13-18)33-6/h7-13,17,26H,1-6H3. The molecule has 1 aromatic heterocycles. The van der Waals surface area contributed by atoms with E-state index in [-0.39, 0.29) is 17.1 Å². The van der Waals surface area contributed by atoms with E-state index in [1.807, 2.05) is 11.5 Å². The summed E-state index contributed by atoms with van der Waals surface area (Å²) < 4.78 is 47.1. The van der Waals surface area contributed by atoms with Gasteiger partial charge < -0.3 is 23.5 Å². The summed E-state index contributed by atoms with van der Waals surface area (Å²) in [5.41, 5.74) is 3.35. The van der Waals surface area contributed by atoms with E-state index in [4.69, 9.17) is 14.2 Å². The Morgan fingerprint density at radius 1 is 0.914 bits per heavy atom. The van der Waals surface area contributed by atoms with Gasteiger partial charge >= 0.3 is 12.6 Å². The van der Waals surface area contributed by atoms with Gasteiger partial charge in [-0.15, -0.1) is 0 Å². The zero-order chi connectivity index (χ0) is 25.9. The van der Waals surface area contributed by atoms with E-state index in [1.54, 1.807) is 32.0 Å². The Balaban J connectivity index is 1.82. The number of aromatic nitrogens is 1. The van der Waals surface area contributed by atoms with Crippen LogP contribution < -0.4 is 14.2 Å². The maximum Gasteiger partial charge on any atom is 0.387 e. The fourth-order valence-electron chi connectivity index (χ4n) is 3.89. The van der Waals surface area contributed by atoms with Crippen molar-refractivity contribution in [2.75, 3.05) is 14.2 Å². The first-order valence-corrected chi connectivity index (χ1v) is 10.8. The smallest absolute Gasteiger partial charge is 0.387 e. The van der Waals surface area contributed by atoms with E-state index >= 15 is 0 Å². The predicted molar refractivity (Wildman–Crippen MR) is 125 cm³/mol. The number of nitrogens with zero attached hydrogens (tertiary/aromatic N) is 1. The number of rotatable bonds is 9. The molecule has 0 aliphatic rings. The third kappa shape index (κ3) is 5.45. The second kappa shape index (κ2) is 10.6. The molecular formula is C26H27F2NO6. The summed E-state index contributed by atoms with van der Waals surface area (Å²) in [5.74, 6) is -0.104. The molecule has 0 aliphatic carbocycles. The molecule has 0 radical (unpaired) electrons. The number of aryl methyl sites for hydroxylation is 1. The van der Waals surface area contributed by atoms with Crippen molar-refractivity contribution in [3.63, 3.8) is 0 Å². The third-order valence-corrected chi connectivity index (χ3v) is 5.66. The molecule has 7 nitrogen and oxygen atoms in total. The van der Waals surface area contributed by atoms with E-state index in [0.717, 1.165) is 11.3 Å². The third-order valence-electron chi connectivity index (χ3n) is 5.66. The zero-order valence-electron chi connectivity index (χ0n) is 20.3. The van der Waals surface area contributed by atoms with Crippen molar-refractivity contribution in [3.05, 3.63) is 70.5 Å². The highest BCUT2D eigenvalue weighted by Gasteiger charge is 2.26. The van der Waals surface area contributed by atoms with Gasteiger partial charge in [-0.1, -0.05) is 0 Å². The van der Waals surface area contributed by atoms with Gasteiger partial charge in [0.05, 0.1) is 19.8 Å². The molecule has 0 fully saturated rings. The lowest BCUT2D eigenvalue weighted by Crippen LogP contribution is -2.25. The molecule has 0 aliphatic heterocycles. The molecule has 1 unspecified atom stereocenters. The number of hydrogen-bond donors (Lipinski definition) is 0. The second-order valence-electron chi connectivity index (χ2n) is 7.91. The fourth-order valence-corrected chi connectivity index (χ4v) is 3.89. The Hall–Kier alpha value is -3.88. The molecule has 186 valence electrons. The number of ketones is 1. The lowest BCUT2D eigenvalue weighted by molar-refractivity contribution is -0.0498. The van der Waals surface area contributed by atoms with Crippen LogP contribution in [0.15, 0.2) is 42.5 Å². The van der Waals surface area contributed by atoms with Crippen molar-refractivity contribution in [3.8, 4) is 22.9 Å². The maximum atomic E-state index is 13.2. The number of carbonyl (C=O) groups excluding carboxylic acids is 2. The van der Waals surface area contributed by atoms with E-state index in [2.05, 4.69) is 4.74 Å². The van der Waals surface area contributed by atoms with Gasteiger partial charge in [-0.3, -0.25) is 4.79 Å².